The molecule has 0 aliphatic rings. The lowest BCUT2D eigenvalue weighted by molar-refractivity contribution is 0.385. The van der Waals surface area contributed by atoms with E-state index in [9.17, 15) is 8.42 Å². The van der Waals surface area contributed by atoms with Crippen LogP contribution < -0.4 is 0 Å². The molecule has 4 rings (SSSR count). The first kappa shape index (κ1) is 17.5. The molecule has 140 valence electrons. The molecule has 27 heavy (non-hydrogen) atoms. The molecule has 0 saturated heterocycles. The van der Waals surface area contributed by atoms with E-state index in [0.29, 0.717) is 17.3 Å². The highest BCUT2D eigenvalue weighted by Crippen LogP contribution is 2.29. The van der Waals surface area contributed by atoms with Crippen LogP contribution >= 0.6 is 0 Å². The van der Waals surface area contributed by atoms with Crippen molar-refractivity contribution in [2.24, 2.45) is 0 Å². The lowest BCUT2D eigenvalue weighted by Gasteiger charge is -2.13. The van der Waals surface area contributed by atoms with E-state index < -0.39 is 10.0 Å². The van der Waals surface area contributed by atoms with Crippen LogP contribution in [-0.4, -0.2) is 34.9 Å². The fourth-order valence-corrected chi connectivity index (χ4v) is 3.79. The Bertz CT molecular complexity index is 1190. The van der Waals surface area contributed by atoms with Gasteiger partial charge in [0.1, 0.15) is 5.82 Å². The number of hydrogen-bond acceptors (Lipinski definition) is 6. The number of nitrogens with one attached hydrogen (secondary N) is 1. The summed E-state index contributed by atoms with van der Waals surface area (Å²) in [5.74, 6) is 1.30. The average molecular weight is 386 g/mol. The highest BCUT2D eigenvalue weighted by Gasteiger charge is 2.27. The molecule has 1 aromatic carbocycles. The van der Waals surface area contributed by atoms with Gasteiger partial charge in [-0.05, 0) is 38.1 Å². The predicted molar refractivity (Wildman–Crippen MR) is 98.4 cm³/mol. The van der Waals surface area contributed by atoms with Crippen molar-refractivity contribution in [3.63, 3.8) is 0 Å². The van der Waals surface area contributed by atoms with E-state index in [2.05, 4.69) is 15.1 Å². The maximum absolute atomic E-state index is 12.8. The summed E-state index contributed by atoms with van der Waals surface area (Å²) in [5, 5.41) is 3.71. The van der Waals surface area contributed by atoms with Gasteiger partial charge in [0.15, 0.2) is 5.76 Å². The van der Waals surface area contributed by atoms with Gasteiger partial charge in [-0.15, -0.1) is 0 Å². The number of benzene rings is 1. The molecule has 0 bridgehead atoms. The van der Waals surface area contributed by atoms with Crippen LogP contribution in [0.5, 0.6) is 0 Å². The zero-order valence-electron chi connectivity index (χ0n) is 15.1. The van der Waals surface area contributed by atoms with Crippen LogP contribution in [0.4, 0.5) is 0 Å². The second kappa shape index (κ2) is 6.36. The van der Waals surface area contributed by atoms with Gasteiger partial charge in [0.05, 0.1) is 23.3 Å². The number of furan rings is 1. The van der Waals surface area contributed by atoms with Crippen LogP contribution in [0, 0.1) is 13.8 Å². The molecule has 1 N–H and O–H groups in total. The summed E-state index contributed by atoms with van der Waals surface area (Å²) in [5.41, 5.74) is 3.18. The number of fused-ring (bicyclic) bond motifs is 1. The number of hydrogen-bond donors (Lipinski definition) is 1. The molecule has 0 aliphatic heterocycles. The minimum Gasteiger partial charge on any atom is -0.440 e. The number of aromatic amines is 1. The molecule has 0 aliphatic carbocycles. The Hall–Kier alpha value is -2.91. The largest absolute Gasteiger partial charge is 0.440 e. The van der Waals surface area contributed by atoms with Crippen LogP contribution in [0.2, 0.25) is 0 Å². The Morgan fingerprint density at radius 2 is 1.93 bits per heavy atom. The third-order valence-corrected chi connectivity index (χ3v) is 6.12. The topological polar surface area (TPSA) is 105 Å². The van der Waals surface area contributed by atoms with Crippen molar-refractivity contribution in [2.45, 2.75) is 25.5 Å². The van der Waals surface area contributed by atoms with E-state index in [0.717, 1.165) is 22.3 Å². The van der Waals surface area contributed by atoms with Crippen molar-refractivity contribution in [3.05, 3.63) is 53.5 Å². The standard InChI is InChI=1S/C18H18N4O4S/c1-11-12(2)21-26-18(11)15-8-9-17(25-15)27(23,24)22(3)10-16-19-13-6-4-5-7-14(13)20-16/h4-9H,10H2,1-3H3,(H,19,20). The Labute approximate surface area is 155 Å². The van der Waals surface area contributed by atoms with Crippen LogP contribution in [0.3, 0.4) is 0 Å². The third kappa shape index (κ3) is 3.04. The molecule has 0 radical (unpaired) electrons. The van der Waals surface area contributed by atoms with Crippen molar-refractivity contribution in [1.82, 2.24) is 19.4 Å². The summed E-state index contributed by atoms with van der Waals surface area (Å²) < 4.78 is 37.6. The first-order valence-electron chi connectivity index (χ1n) is 8.29. The SMILES string of the molecule is Cc1noc(-c2ccc(S(=O)(=O)N(C)Cc3nc4ccccc4[nH]3)o2)c1C. The summed E-state index contributed by atoms with van der Waals surface area (Å²) in [6.07, 6.45) is 0. The Kier molecular flexibility index (Phi) is 4.12. The van der Waals surface area contributed by atoms with Crippen LogP contribution in [-0.2, 0) is 16.6 Å². The van der Waals surface area contributed by atoms with Gasteiger partial charge in [0.2, 0.25) is 10.9 Å². The van der Waals surface area contributed by atoms with Crippen molar-refractivity contribution >= 4 is 21.1 Å². The predicted octanol–water partition coefficient (Wildman–Crippen LogP) is 3.25. The Balaban J connectivity index is 1.60. The van der Waals surface area contributed by atoms with Crippen molar-refractivity contribution in [2.75, 3.05) is 7.05 Å². The molecule has 0 fully saturated rings. The van der Waals surface area contributed by atoms with Crippen LogP contribution in [0.1, 0.15) is 17.1 Å². The van der Waals surface area contributed by atoms with Gasteiger partial charge in [0.25, 0.3) is 10.0 Å². The monoisotopic (exact) mass is 386 g/mol. The van der Waals surface area contributed by atoms with Crippen molar-refractivity contribution < 1.29 is 17.4 Å². The molecular formula is C18H18N4O4S. The number of H-pyrrole nitrogens is 1. The second-order valence-electron chi connectivity index (χ2n) is 6.30. The number of aryl methyl sites for hydroxylation is 1. The molecule has 0 unspecified atom stereocenters. The van der Waals surface area contributed by atoms with E-state index >= 15 is 0 Å². The van der Waals surface area contributed by atoms with Crippen molar-refractivity contribution in [1.29, 1.82) is 0 Å². The maximum atomic E-state index is 12.8. The van der Waals surface area contributed by atoms with Gasteiger partial charge in [0, 0.05) is 12.6 Å². The molecule has 3 heterocycles. The van der Waals surface area contributed by atoms with Crippen molar-refractivity contribution in [3.8, 4) is 11.5 Å². The molecular weight excluding hydrogens is 368 g/mol. The van der Waals surface area contributed by atoms with Gasteiger partial charge in [-0.1, -0.05) is 17.3 Å². The smallest absolute Gasteiger partial charge is 0.276 e. The number of aromatic nitrogens is 3. The molecule has 0 saturated carbocycles. The molecule has 0 amide bonds. The highest BCUT2D eigenvalue weighted by atomic mass is 32.2. The van der Waals surface area contributed by atoms with E-state index in [1.165, 1.54) is 17.4 Å². The molecule has 4 aromatic rings. The molecule has 0 atom stereocenters. The lowest BCUT2D eigenvalue weighted by Crippen LogP contribution is -2.26. The van der Waals surface area contributed by atoms with E-state index in [1.807, 2.05) is 38.1 Å². The van der Waals surface area contributed by atoms with Crippen LogP contribution in [0.25, 0.3) is 22.6 Å². The molecule has 9 heteroatoms. The van der Waals surface area contributed by atoms with E-state index in [4.69, 9.17) is 8.94 Å². The fraction of sp³-hybridized carbons (Fsp3) is 0.222. The fourth-order valence-electron chi connectivity index (χ4n) is 2.76. The maximum Gasteiger partial charge on any atom is 0.276 e. The minimum atomic E-state index is -3.82. The number of rotatable bonds is 5. The normalized spacial score (nSPS) is 12.3. The number of sulfonamides is 1. The van der Waals surface area contributed by atoms with Gasteiger partial charge in [-0.2, -0.15) is 4.31 Å². The molecule has 8 nitrogen and oxygen atoms in total. The Morgan fingerprint density at radius 1 is 1.15 bits per heavy atom. The Morgan fingerprint density at radius 3 is 2.63 bits per heavy atom. The zero-order chi connectivity index (χ0) is 19.2. The number of para-hydroxylation sites is 2. The van der Waals surface area contributed by atoms with E-state index in [1.54, 1.807) is 6.07 Å². The summed E-state index contributed by atoms with van der Waals surface area (Å²) in [6, 6.07) is 10.5. The number of nitrogens with zero attached hydrogens (tertiary/aromatic N) is 3. The first-order valence-corrected chi connectivity index (χ1v) is 9.73. The first-order chi connectivity index (χ1) is 12.9. The van der Waals surface area contributed by atoms with Gasteiger partial charge in [-0.25, -0.2) is 13.4 Å². The molecule has 3 aromatic heterocycles. The quantitative estimate of drug-likeness (QED) is 0.564. The third-order valence-electron chi connectivity index (χ3n) is 4.44. The average Bonchev–Trinajstić information content (AvgIpc) is 3.34. The van der Waals surface area contributed by atoms with Gasteiger partial charge >= 0.3 is 0 Å². The summed E-state index contributed by atoms with van der Waals surface area (Å²) in [6.45, 7) is 3.74. The van der Waals surface area contributed by atoms with E-state index in [-0.39, 0.29) is 11.6 Å². The summed E-state index contributed by atoms with van der Waals surface area (Å²) in [4.78, 5) is 7.53. The van der Waals surface area contributed by atoms with Crippen LogP contribution in [0.15, 0.2) is 50.4 Å². The van der Waals surface area contributed by atoms with Gasteiger partial charge in [-0.3, -0.25) is 0 Å². The number of imidazole rings is 1. The zero-order valence-corrected chi connectivity index (χ0v) is 15.9. The highest BCUT2D eigenvalue weighted by molar-refractivity contribution is 7.88. The summed E-state index contributed by atoms with van der Waals surface area (Å²) >= 11 is 0. The van der Waals surface area contributed by atoms with Gasteiger partial charge < -0.3 is 13.9 Å². The molecule has 0 spiro atoms. The second-order valence-corrected chi connectivity index (χ2v) is 8.28. The minimum absolute atomic E-state index is 0.0908. The summed E-state index contributed by atoms with van der Waals surface area (Å²) in [7, 11) is -2.34. The lowest BCUT2D eigenvalue weighted by atomic mass is 10.2.